The largest absolute Gasteiger partial charge is 0.326 e. The zero-order chi connectivity index (χ0) is 21.9. The van der Waals surface area contributed by atoms with Gasteiger partial charge in [-0.2, -0.15) is 4.72 Å². The van der Waals surface area contributed by atoms with Gasteiger partial charge >= 0.3 is 0 Å². The zero-order valence-corrected chi connectivity index (χ0v) is 18.2. The quantitative estimate of drug-likeness (QED) is 0.656. The normalized spacial score (nSPS) is 15.1. The summed E-state index contributed by atoms with van der Waals surface area (Å²) in [7, 11) is -3.93. The molecule has 1 atom stereocenters. The minimum absolute atomic E-state index is 0.0740. The van der Waals surface area contributed by atoms with E-state index in [1.54, 1.807) is 38.1 Å². The Morgan fingerprint density at radius 3 is 2.43 bits per heavy atom. The standard InChI is InChI=1S/C22H27N3O4S/c1-14(2)21(22(27)23-17-9-7-15(3)8-10-17)25-30(28,29)18-11-12-19-16(13-18)5-4-6-20(26)24-19/h7-14,21,25H,4-6H2,1-3H3,(H,23,27)(H,24,26). The summed E-state index contributed by atoms with van der Waals surface area (Å²) in [5, 5.41) is 5.57. The van der Waals surface area contributed by atoms with Crippen LogP contribution in [0.15, 0.2) is 47.4 Å². The molecule has 3 rings (SSSR count). The summed E-state index contributed by atoms with van der Waals surface area (Å²) in [6.07, 6.45) is 1.67. The molecule has 1 aliphatic heterocycles. The Labute approximate surface area is 177 Å². The van der Waals surface area contributed by atoms with E-state index in [2.05, 4.69) is 15.4 Å². The summed E-state index contributed by atoms with van der Waals surface area (Å²) in [5.74, 6) is -0.750. The Bertz CT molecular complexity index is 1050. The number of nitrogens with one attached hydrogen (secondary N) is 3. The first-order valence-corrected chi connectivity index (χ1v) is 11.5. The topological polar surface area (TPSA) is 104 Å². The summed E-state index contributed by atoms with van der Waals surface area (Å²) in [5.41, 5.74) is 3.08. The number of carbonyl (C=O) groups is 2. The molecule has 2 aromatic rings. The van der Waals surface area contributed by atoms with E-state index in [9.17, 15) is 18.0 Å². The first-order chi connectivity index (χ1) is 14.2. The van der Waals surface area contributed by atoms with Crippen LogP contribution in [0.4, 0.5) is 11.4 Å². The monoisotopic (exact) mass is 429 g/mol. The fraction of sp³-hybridized carbons (Fsp3) is 0.364. The molecular weight excluding hydrogens is 402 g/mol. The maximum absolute atomic E-state index is 13.0. The van der Waals surface area contributed by atoms with Crippen LogP contribution in [-0.4, -0.2) is 26.3 Å². The molecule has 1 aliphatic rings. The van der Waals surface area contributed by atoms with Crippen molar-refractivity contribution >= 4 is 33.2 Å². The number of sulfonamides is 1. The van der Waals surface area contributed by atoms with Gasteiger partial charge in [-0.05, 0) is 61.6 Å². The highest BCUT2D eigenvalue weighted by Crippen LogP contribution is 2.25. The number of hydrogen-bond donors (Lipinski definition) is 3. The van der Waals surface area contributed by atoms with Crippen molar-refractivity contribution in [3.05, 3.63) is 53.6 Å². The van der Waals surface area contributed by atoms with Crippen LogP contribution in [0, 0.1) is 12.8 Å². The van der Waals surface area contributed by atoms with Crippen LogP contribution in [0.25, 0.3) is 0 Å². The maximum atomic E-state index is 13.0. The highest BCUT2D eigenvalue weighted by molar-refractivity contribution is 7.89. The minimum atomic E-state index is -3.93. The average molecular weight is 430 g/mol. The molecule has 30 heavy (non-hydrogen) atoms. The Morgan fingerprint density at radius 2 is 1.77 bits per heavy atom. The Hall–Kier alpha value is -2.71. The Kier molecular flexibility index (Phi) is 6.58. The number of amides is 2. The molecule has 0 aromatic heterocycles. The number of benzene rings is 2. The summed E-state index contributed by atoms with van der Waals surface area (Å²) < 4.78 is 28.6. The van der Waals surface area contributed by atoms with Crippen LogP contribution in [0.5, 0.6) is 0 Å². The van der Waals surface area contributed by atoms with Crippen molar-refractivity contribution in [3.8, 4) is 0 Å². The van der Waals surface area contributed by atoms with E-state index in [-0.39, 0.29) is 16.7 Å². The maximum Gasteiger partial charge on any atom is 0.242 e. The van der Waals surface area contributed by atoms with E-state index in [4.69, 9.17) is 0 Å². The Morgan fingerprint density at radius 1 is 1.07 bits per heavy atom. The molecule has 0 saturated carbocycles. The number of fused-ring (bicyclic) bond motifs is 1. The molecule has 0 fully saturated rings. The van der Waals surface area contributed by atoms with Crippen molar-refractivity contribution < 1.29 is 18.0 Å². The molecule has 1 heterocycles. The second kappa shape index (κ2) is 8.97. The SMILES string of the molecule is Cc1ccc(NC(=O)C(NS(=O)(=O)c2ccc3c(c2)CCCC(=O)N3)C(C)C)cc1. The summed E-state index contributed by atoms with van der Waals surface area (Å²) in [6, 6.07) is 11.0. The van der Waals surface area contributed by atoms with Gasteiger partial charge in [-0.1, -0.05) is 31.5 Å². The highest BCUT2D eigenvalue weighted by atomic mass is 32.2. The van der Waals surface area contributed by atoms with Gasteiger partial charge in [0.05, 0.1) is 4.90 Å². The van der Waals surface area contributed by atoms with Gasteiger partial charge in [0.25, 0.3) is 0 Å². The molecular formula is C22H27N3O4S. The second-order valence-electron chi connectivity index (χ2n) is 7.92. The van der Waals surface area contributed by atoms with Crippen molar-refractivity contribution in [2.45, 2.75) is 51.0 Å². The van der Waals surface area contributed by atoms with Gasteiger partial charge in [-0.3, -0.25) is 9.59 Å². The lowest BCUT2D eigenvalue weighted by molar-refractivity contribution is -0.118. The third-order valence-corrected chi connectivity index (χ3v) is 6.50. The minimum Gasteiger partial charge on any atom is -0.326 e. The van der Waals surface area contributed by atoms with E-state index in [0.29, 0.717) is 30.6 Å². The van der Waals surface area contributed by atoms with Crippen molar-refractivity contribution in [1.29, 1.82) is 0 Å². The summed E-state index contributed by atoms with van der Waals surface area (Å²) >= 11 is 0. The number of anilines is 2. The Balaban J connectivity index is 1.80. The molecule has 160 valence electrons. The molecule has 0 aliphatic carbocycles. The predicted molar refractivity (Wildman–Crippen MR) is 117 cm³/mol. The fourth-order valence-electron chi connectivity index (χ4n) is 3.30. The van der Waals surface area contributed by atoms with E-state index in [1.807, 2.05) is 19.1 Å². The van der Waals surface area contributed by atoms with Gasteiger partial charge in [0.2, 0.25) is 21.8 Å². The summed E-state index contributed by atoms with van der Waals surface area (Å²) in [4.78, 5) is 24.6. The second-order valence-corrected chi connectivity index (χ2v) is 9.63. The molecule has 0 radical (unpaired) electrons. The van der Waals surface area contributed by atoms with E-state index in [0.717, 1.165) is 11.1 Å². The van der Waals surface area contributed by atoms with Gasteiger partial charge in [-0.15, -0.1) is 0 Å². The number of aryl methyl sites for hydroxylation is 2. The summed E-state index contributed by atoms with van der Waals surface area (Å²) in [6.45, 7) is 5.52. The van der Waals surface area contributed by atoms with Crippen LogP contribution >= 0.6 is 0 Å². The van der Waals surface area contributed by atoms with Gasteiger partial charge in [0.1, 0.15) is 6.04 Å². The number of carbonyl (C=O) groups excluding carboxylic acids is 2. The van der Waals surface area contributed by atoms with Gasteiger partial charge in [0.15, 0.2) is 0 Å². The first-order valence-electron chi connectivity index (χ1n) is 9.98. The smallest absolute Gasteiger partial charge is 0.242 e. The molecule has 8 heteroatoms. The van der Waals surface area contributed by atoms with E-state index in [1.165, 1.54) is 6.07 Å². The van der Waals surface area contributed by atoms with E-state index < -0.39 is 22.0 Å². The van der Waals surface area contributed by atoms with Crippen LogP contribution in [0.2, 0.25) is 0 Å². The molecule has 2 aromatic carbocycles. The van der Waals surface area contributed by atoms with Gasteiger partial charge in [-0.25, -0.2) is 8.42 Å². The lowest BCUT2D eigenvalue weighted by Gasteiger charge is -2.22. The average Bonchev–Trinajstić information content (AvgIpc) is 2.87. The van der Waals surface area contributed by atoms with Crippen molar-refractivity contribution in [2.75, 3.05) is 10.6 Å². The molecule has 1 unspecified atom stereocenters. The van der Waals surface area contributed by atoms with Crippen molar-refractivity contribution in [2.24, 2.45) is 5.92 Å². The van der Waals surface area contributed by atoms with Gasteiger partial charge < -0.3 is 10.6 Å². The molecule has 3 N–H and O–H groups in total. The zero-order valence-electron chi connectivity index (χ0n) is 17.4. The molecule has 0 bridgehead atoms. The lowest BCUT2D eigenvalue weighted by atomic mass is 10.0. The third-order valence-electron chi connectivity index (χ3n) is 5.06. The molecule has 0 saturated heterocycles. The van der Waals surface area contributed by atoms with Crippen molar-refractivity contribution in [1.82, 2.24) is 4.72 Å². The fourth-order valence-corrected chi connectivity index (χ4v) is 4.70. The van der Waals surface area contributed by atoms with Crippen LogP contribution in [-0.2, 0) is 26.0 Å². The van der Waals surface area contributed by atoms with Crippen LogP contribution < -0.4 is 15.4 Å². The van der Waals surface area contributed by atoms with Crippen LogP contribution in [0.1, 0.15) is 37.8 Å². The molecule has 0 spiro atoms. The first kappa shape index (κ1) is 22.0. The highest BCUT2D eigenvalue weighted by Gasteiger charge is 2.29. The predicted octanol–water partition coefficient (Wildman–Crippen LogP) is 3.21. The van der Waals surface area contributed by atoms with E-state index >= 15 is 0 Å². The molecule has 2 amide bonds. The van der Waals surface area contributed by atoms with Crippen molar-refractivity contribution in [3.63, 3.8) is 0 Å². The third kappa shape index (κ3) is 5.25. The molecule has 7 nitrogen and oxygen atoms in total. The number of hydrogen-bond acceptors (Lipinski definition) is 4. The number of rotatable bonds is 6. The van der Waals surface area contributed by atoms with Gasteiger partial charge in [0, 0.05) is 17.8 Å². The van der Waals surface area contributed by atoms with Crippen LogP contribution in [0.3, 0.4) is 0 Å². The lowest BCUT2D eigenvalue weighted by Crippen LogP contribution is -2.47.